The maximum absolute atomic E-state index is 12.4. The molecule has 148 valence electrons. The molecule has 5 nitrogen and oxygen atoms in total. The molecule has 1 heterocycles. The third-order valence-electron chi connectivity index (χ3n) is 5.79. The van der Waals surface area contributed by atoms with Crippen LogP contribution in [0.4, 0.5) is 0 Å². The smallest absolute Gasteiger partial charge is 0.238 e. The Morgan fingerprint density at radius 2 is 1.89 bits per heavy atom. The monoisotopic (exact) mass is 379 g/mol. The number of aliphatic hydroxyl groups is 1. The fourth-order valence-electron chi connectivity index (χ4n) is 4.32. The third-order valence-corrected chi connectivity index (χ3v) is 5.79. The zero-order chi connectivity index (χ0) is 20.1. The van der Waals surface area contributed by atoms with Gasteiger partial charge in [0.15, 0.2) is 0 Å². The number of hydrogen-bond acceptors (Lipinski definition) is 4. The van der Waals surface area contributed by atoms with Crippen LogP contribution in [-0.2, 0) is 4.79 Å². The van der Waals surface area contributed by atoms with Gasteiger partial charge < -0.3 is 14.9 Å². The minimum Gasteiger partial charge on any atom is -0.394 e. The van der Waals surface area contributed by atoms with Gasteiger partial charge in [-0.05, 0) is 44.6 Å². The van der Waals surface area contributed by atoms with Gasteiger partial charge in [0.25, 0.3) is 0 Å². The standard InChI is InChI=1S/C23H29N3O2/c1-25(2)15-22(28)26-20(14-24)23(21(26)16-27)19-12-10-18(11-13-19)9-8-17-6-4-3-5-7-17/h10-13,17,20-21,23,27H,3-7,15-16H2,1-2H3/t20-,21-,23-/m0/s1. The molecule has 3 rings (SSSR count). The average molecular weight is 380 g/mol. The number of benzene rings is 1. The molecule has 0 unspecified atom stereocenters. The summed E-state index contributed by atoms with van der Waals surface area (Å²) in [5, 5.41) is 19.4. The van der Waals surface area contributed by atoms with Gasteiger partial charge in [-0.25, -0.2) is 0 Å². The van der Waals surface area contributed by atoms with Gasteiger partial charge in [0.2, 0.25) is 5.91 Å². The van der Waals surface area contributed by atoms with Crippen molar-refractivity contribution < 1.29 is 9.90 Å². The summed E-state index contributed by atoms with van der Waals surface area (Å²) < 4.78 is 0. The van der Waals surface area contributed by atoms with Crippen LogP contribution in [0.15, 0.2) is 24.3 Å². The summed E-state index contributed by atoms with van der Waals surface area (Å²) in [5.74, 6) is 6.90. The van der Waals surface area contributed by atoms with Crippen LogP contribution >= 0.6 is 0 Å². The van der Waals surface area contributed by atoms with E-state index in [1.807, 2.05) is 38.4 Å². The van der Waals surface area contributed by atoms with Gasteiger partial charge in [-0.2, -0.15) is 5.26 Å². The molecular formula is C23H29N3O2. The second kappa shape index (κ2) is 9.24. The lowest BCUT2D eigenvalue weighted by molar-refractivity contribution is -0.147. The Labute approximate surface area is 167 Å². The molecule has 0 radical (unpaired) electrons. The molecule has 1 aliphatic carbocycles. The number of aliphatic hydroxyl groups excluding tert-OH is 1. The predicted octanol–water partition coefficient (Wildman–Crippen LogP) is 2.36. The Morgan fingerprint density at radius 1 is 1.21 bits per heavy atom. The molecule has 0 aromatic heterocycles. The summed E-state index contributed by atoms with van der Waals surface area (Å²) in [6.45, 7) is 0.0857. The van der Waals surface area contributed by atoms with Crippen LogP contribution < -0.4 is 0 Å². The van der Waals surface area contributed by atoms with Crippen molar-refractivity contribution in [3.8, 4) is 17.9 Å². The summed E-state index contributed by atoms with van der Waals surface area (Å²) >= 11 is 0. The molecule has 2 aliphatic rings. The first-order valence-electron chi connectivity index (χ1n) is 10.1. The van der Waals surface area contributed by atoms with E-state index in [0.29, 0.717) is 5.92 Å². The fourth-order valence-corrected chi connectivity index (χ4v) is 4.32. The summed E-state index contributed by atoms with van der Waals surface area (Å²) in [6.07, 6.45) is 6.29. The molecular weight excluding hydrogens is 350 g/mol. The predicted molar refractivity (Wildman–Crippen MR) is 108 cm³/mol. The quantitative estimate of drug-likeness (QED) is 0.816. The molecule has 1 aliphatic heterocycles. The topological polar surface area (TPSA) is 67.6 Å². The molecule has 1 N–H and O–H groups in total. The van der Waals surface area contributed by atoms with Crippen LogP contribution in [0.3, 0.4) is 0 Å². The van der Waals surface area contributed by atoms with E-state index in [1.54, 1.807) is 4.90 Å². The molecule has 1 saturated heterocycles. The van der Waals surface area contributed by atoms with Crippen LogP contribution in [0.5, 0.6) is 0 Å². The average Bonchev–Trinajstić information content (AvgIpc) is 2.67. The Morgan fingerprint density at radius 3 is 2.46 bits per heavy atom. The number of likely N-dealkylation sites (N-methyl/N-ethyl adjacent to an activating group) is 1. The summed E-state index contributed by atoms with van der Waals surface area (Å²) in [4.78, 5) is 15.7. The van der Waals surface area contributed by atoms with Crippen molar-refractivity contribution in [3.05, 3.63) is 35.4 Å². The minimum absolute atomic E-state index is 0.123. The molecule has 3 atom stereocenters. The van der Waals surface area contributed by atoms with Gasteiger partial charge in [-0.1, -0.05) is 43.2 Å². The summed E-state index contributed by atoms with van der Waals surface area (Å²) in [5.41, 5.74) is 1.95. The number of carbonyl (C=O) groups is 1. The molecule has 1 aromatic carbocycles. The Bertz CT molecular complexity index is 779. The minimum atomic E-state index is -0.538. The molecule has 0 bridgehead atoms. The van der Waals surface area contributed by atoms with Crippen LogP contribution in [0.25, 0.3) is 0 Å². The number of rotatable bonds is 4. The largest absolute Gasteiger partial charge is 0.394 e. The van der Waals surface area contributed by atoms with Crippen molar-refractivity contribution in [2.75, 3.05) is 27.2 Å². The van der Waals surface area contributed by atoms with Gasteiger partial charge in [-0.3, -0.25) is 4.79 Å². The zero-order valence-corrected chi connectivity index (χ0v) is 16.8. The molecule has 1 amide bonds. The van der Waals surface area contributed by atoms with Crippen LogP contribution in [0, 0.1) is 29.1 Å². The van der Waals surface area contributed by atoms with Crippen molar-refractivity contribution in [3.63, 3.8) is 0 Å². The highest BCUT2D eigenvalue weighted by Crippen LogP contribution is 2.40. The van der Waals surface area contributed by atoms with Crippen LogP contribution in [0.1, 0.15) is 49.1 Å². The van der Waals surface area contributed by atoms with Crippen molar-refractivity contribution in [1.29, 1.82) is 5.26 Å². The van der Waals surface area contributed by atoms with E-state index in [-0.39, 0.29) is 31.0 Å². The lowest BCUT2D eigenvalue weighted by Crippen LogP contribution is -2.66. The van der Waals surface area contributed by atoms with Gasteiger partial charge in [0, 0.05) is 17.4 Å². The Balaban J connectivity index is 1.71. The summed E-state index contributed by atoms with van der Waals surface area (Å²) in [7, 11) is 3.63. The highest BCUT2D eigenvalue weighted by molar-refractivity contribution is 5.81. The lowest BCUT2D eigenvalue weighted by Gasteiger charge is -2.51. The first kappa shape index (κ1) is 20.4. The van der Waals surface area contributed by atoms with Crippen molar-refractivity contribution >= 4 is 5.91 Å². The second-order valence-corrected chi connectivity index (χ2v) is 8.11. The number of amides is 1. The number of carbonyl (C=O) groups excluding carboxylic acids is 1. The van der Waals surface area contributed by atoms with E-state index in [0.717, 1.165) is 11.1 Å². The maximum atomic E-state index is 12.4. The first-order chi connectivity index (χ1) is 13.5. The highest BCUT2D eigenvalue weighted by Gasteiger charge is 2.51. The number of hydrogen-bond donors (Lipinski definition) is 1. The lowest BCUT2D eigenvalue weighted by atomic mass is 9.75. The number of nitriles is 1. The molecule has 5 heteroatoms. The van der Waals surface area contributed by atoms with Gasteiger partial charge in [-0.15, -0.1) is 0 Å². The van der Waals surface area contributed by atoms with Gasteiger partial charge in [0.1, 0.15) is 6.04 Å². The van der Waals surface area contributed by atoms with Crippen LogP contribution in [-0.4, -0.2) is 60.1 Å². The van der Waals surface area contributed by atoms with E-state index in [2.05, 4.69) is 17.9 Å². The zero-order valence-electron chi connectivity index (χ0n) is 16.8. The van der Waals surface area contributed by atoms with E-state index in [4.69, 9.17) is 0 Å². The third kappa shape index (κ3) is 4.38. The molecule has 2 fully saturated rings. The normalized spacial score (nSPS) is 24.8. The maximum Gasteiger partial charge on any atom is 0.238 e. The molecule has 1 aromatic rings. The molecule has 1 saturated carbocycles. The molecule has 28 heavy (non-hydrogen) atoms. The van der Waals surface area contributed by atoms with E-state index in [1.165, 1.54) is 37.0 Å². The number of likely N-dealkylation sites (tertiary alicyclic amines) is 1. The van der Waals surface area contributed by atoms with Gasteiger partial charge >= 0.3 is 0 Å². The van der Waals surface area contributed by atoms with Crippen molar-refractivity contribution in [1.82, 2.24) is 9.80 Å². The second-order valence-electron chi connectivity index (χ2n) is 8.11. The molecule has 0 spiro atoms. The first-order valence-corrected chi connectivity index (χ1v) is 10.1. The highest BCUT2D eigenvalue weighted by atomic mass is 16.3. The SMILES string of the molecule is CN(C)CC(=O)N1[C@@H](C#N)[C@H](c2ccc(C#CC3CCCCC3)cc2)[C@@H]1CO. The van der Waals surface area contributed by atoms with Crippen molar-refractivity contribution in [2.24, 2.45) is 5.92 Å². The fraction of sp³-hybridized carbons (Fsp3) is 0.565. The number of nitrogens with zero attached hydrogens (tertiary/aromatic N) is 3. The van der Waals surface area contributed by atoms with Crippen molar-refractivity contribution in [2.45, 2.75) is 50.1 Å². The summed E-state index contributed by atoms with van der Waals surface area (Å²) in [6, 6.07) is 9.29. The van der Waals surface area contributed by atoms with E-state index < -0.39 is 6.04 Å². The van der Waals surface area contributed by atoms with Gasteiger partial charge in [0.05, 0.1) is 25.3 Å². The Hall–Kier alpha value is -2.34. The Kier molecular flexibility index (Phi) is 6.73. The van der Waals surface area contributed by atoms with E-state index in [9.17, 15) is 15.2 Å². The van der Waals surface area contributed by atoms with Crippen LogP contribution in [0.2, 0.25) is 0 Å². The van der Waals surface area contributed by atoms with E-state index >= 15 is 0 Å².